The maximum atomic E-state index is 11.3. The summed E-state index contributed by atoms with van der Waals surface area (Å²) < 4.78 is 0. The van der Waals surface area contributed by atoms with E-state index in [0.29, 0.717) is 12.5 Å². The van der Waals surface area contributed by atoms with Gasteiger partial charge in [0.1, 0.15) is 0 Å². The van der Waals surface area contributed by atoms with E-state index in [0.717, 1.165) is 31.2 Å². The lowest BCUT2D eigenvalue weighted by Gasteiger charge is -2.17. The van der Waals surface area contributed by atoms with Gasteiger partial charge in [0.25, 0.3) is 0 Å². The standard InChI is InChI=1S/C11H20N2OS/c14-11-7-9(3-1-5-12-11)13-8-10-4-2-6-15-10/h9-10,13H,1-8H2,(H,12,14). The van der Waals surface area contributed by atoms with Crippen molar-refractivity contribution in [1.82, 2.24) is 10.6 Å². The van der Waals surface area contributed by atoms with Gasteiger partial charge in [0, 0.05) is 30.8 Å². The summed E-state index contributed by atoms with van der Waals surface area (Å²) in [7, 11) is 0. The Morgan fingerprint density at radius 2 is 2.33 bits per heavy atom. The molecule has 2 aliphatic rings. The molecular formula is C11H20N2OS. The molecule has 0 aromatic carbocycles. The van der Waals surface area contributed by atoms with Crippen LogP contribution in [-0.2, 0) is 4.79 Å². The van der Waals surface area contributed by atoms with Crippen molar-refractivity contribution in [2.75, 3.05) is 18.8 Å². The average molecular weight is 228 g/mol. The van der Waals surface area contributed by atoms with Gasteiger partial charge in [-0.3, -0.25) is 4.79 Å². The highest BCUT2D eigenvalue weighted by Crippen LogP contribution is 2.25. The molecule has 15 heavy (non-hydrogen) atoms. The molecule has 2 rings (SSSR count). The maximum Gasteiger partial charge on any atom is 0.221 e. The Labute approximate surface area is 95.8 Å². The van der Waals surface area contributed by atoms with E-state index < -0.39 is 0 Å². The van der Waals surface area contributed by atoms with Crippen LogP contribution in [0.4, 0.5) is 0 Å². The van der Waals surface area contributed by atoms with Crippen LogP contribution in [0, 0.1) is 0 Å². The number of thioether (sulfide) groups is 1. The van der Waals surface area contributed by atoms with Gasteiger partial charge in [-0.25, -0.2) is 0 Å². The number of carbonyl (C=O) groups excluding carboxylic acids is 1. The molecule has 0 aliphatic carbocycles. The molecule has 2 saturated heterocycles. The summed E-state index contributed by atoms with van der Waals surface area (Å²) >= 11 is 2.07. The third kappa shape index (κ3) is 3.68. The van der Waals surface area contributed by atoms with Gasteiger partial charge in [-0.05, 0) is 31.4 Å². The second-order valence-electron chi connectivity index (χ2n) is 4.44. The van der Waals surface area contributed by atoms with Crippen molar-refractivity contribution in [3.63, 3.8) is 0 Å². The first kappa shape index (κ1) is 11.3. The fourth-order valence-corrected chi connectivity index (χ4v) is 3.47. The van der Waals surface area contributed by atoms with Crippen molar-refractivity contribution < 1.29 is 4.79 Å². The minimum Gasteiger partial charge on any atom is -0.356 e. The minimum absolute atomic E-state index is 0.212. The van der Waals surface area contributed by atoms with Crippen LogP contribution in [-0.4, -0.2) is 36.0 Å². The zero-order valence-electron chi connectivity index (χ0n) is 9.13. The van der Waals surface area contributed by atoms with Crippen LogP contribution in [0.5, 0.6) is 0 Å². The van der Waals surface area contributed by atoms with Crippen molar-refractivity contribution in [3.05, 3.63) is 0 Å². The van der Waals surface area contributed by atoms with Gasteiger partial charge in [-0.15, -0.1) is 0 Å². The smallest absolute Gasteiger partial charge is 0.221 e. The van der Waals surface area contributed by atoms with Crippen LogP contribution in [0.2, 0.25) is 0 Å². The molecule has 2 fully saturated rings. The Bertz CT molecular complexity index is 217. The third-order valence-corrected chi connectivity index (χ3v) is 4.54. The Morgan fingerprint density at radius 1 is 1.40 bits per heavy atom. The average Bonchev–Trinajstić information content (AvgIpc) is 2.65. The van der Waals surface area contributed by atoms with Gasteiger partial charge in [-0.1, -0.05) is 0 Å². The van der Waals surface area contributed by atoms with E-state index in [4.69, 9.17) is 0 Å². The van der Waals surface area contributed by atoms with E-state index in [1.165, 1.54) is 18.6 Å². The molecule has 0 aromatic rings. The van der Waals surface area contributed by atoms with Crippen molar-refractivity contribution >= 4 is 17.7 Å². The number of nitrogens with one attached hydrogen (secondary N) is 2. The van der Waals surface area contributed by atoms with Gasteiger partial charge >= 0.3 is 0 Å². The molecule has 2 unspecified atom stereocenters. The van der Waals surface area contributed by atoms with E-state index in [-0.39, 0.29) is 5.91 Å². The molecule has 2 aliphatic heterocycles. The largest absolute Gasteiger partial charge is 0.356 e. The van der Waals surface area contributed by atoms with Gasteiger partial charge < -0.3 is 10.6 Å². The van der Waals surface area contributed by atoms with Crippen LogP contribution in [0.3, 0.4) is 0 Å². The van der Waals surface area contributed by atoms with E-state index in [1.807, 2.05) is 0 Å². The number of amides is 1. The number of hydrogen-bond acceptors (Lipinski definition) is 3. The molecule has 2 heterocycles. The predicted molar refractivity (Wildman–Crippen MR) is 64.1 cm³/mol. The summed E-state index contributed by atoms with van der Waals surface area (Å²) in [6.07, 6.45) is 5.62. The summed E-state index contributed by atoms with van der Waals surface area (Å²) in [5, 5.41) is 7.26. The van der Waals surface area contributed by atoms with E-state index in [9.17, 15) is 4.79 Å². The molecule has 1 amide bonds. The molecule has 0 aromatic heterocycles. The summed E-state index contributed by atoms with van der Waals surface area (Å²) in [5.74, 6) is 1.53. The molecule has 0 radical (unpaired) electrons. The molecule has 2 atom stereocenters. The summed E-state index contributed by atoms with van der Waals surface area (Å²) in [5.41, 5.74) is 0. The van der Waals surface area contributed by atoms with Crippen molar-refractivity contribution in [2.45, 2.75) is 43.4 Å². The highest BCUT2D eigenvalue weighted by atomic mass is 32.2. The van der Waals surface area contributed by atoms with Crippen molar-refractivity contribution in [1.29, 1.82) is 0 Å². The molecule has 2 N–H and O–H groups in total. The summed E-state index contributed by atoms with van der Waals surface area (Å²) in [4.78, 5) is 11.3. The van der Waals surface area contributed by atoms with Crippen molar-refractivity contribution in [2.24, 2.45) is 0 Å². The van der Waals surface area contributed by atoms with E-state index in [1.54, 1.807) is 0 Å². The maximum absolute atomic E-state index is 11.3. The van der Waals surface area contributed by atoms with Crippen LogP contribution < -0.4 is 10.6 Å². The molecule has 0 saturated carbocycles. The quantitative estimate of drug-likeness (QED) is 0.761. The van der Waals surface area contributed by atoms with Crippen molar-refractivity contribution in [3.8, 4) is 0 Å². The minimum atomic E-state index is 0.212. The van der Waals surface area contributed by atoms with Gasteiger partial charge in [-0.2, -0.15) is 11.8 Å². The van der Waals surface area contributed by atoms with Crippen LogP contribution in [0.25, 0.3) is 0 Å². The monoisotopic (exact) mass is 228 g/mol. The Balaban J connectivity index is 1.70. The highest BCUT2D eigenvalue weighted by molar-refractivity contribution is 8.00. The second kappa shape index (κ2) is 5.75. The van der Waals surface area contributed by atoms with Gasteiger partial charge in [0.15, 0.2) is 0 Å². The zero-order valence-corrected chi connectivity index (χ0v) is 9.94. The molecule has 3 nitrogen and oxygen atoms in total. The fraction of sp³-hybridized carbons (Fsp3) is 0.909. The predicted octanol–water partition coefficient (Wildman–Crippen LogP) is 1.14. The highest BCUT2D eigenvalue weighted by Gasteiger charge is 2.20. The van der Waals surface area contributed by atoms with Gasteiger partial charge in [0.2, 0.25) is 5.91 Å². The first-order chi connectivity index (χ1) is 7.34. The first-order valence-corrected chi connectivity index (χ1v) is 7.01. The van der Waals surface area contributed by atoms with Crippen LogP contribution in [0.1, 0.15) is 32.1 Å². The number of carbonyl (C=O) groups is 1. The molecule has 86 valence electrons. The SMILES string of the molecule is O=C1CC(NCC2CCCS2)CCCN1. The normalized spacial score (nSPS) is 32.4. The number of rotatable bonds is 3. The Kier molecular flexibility index (Phi) is 4.32. The van der Waals surface area contributed by atoms with Crippen LogP contribution in [0.15, 0.2) is 0 Å². The van der Waals surface area contributed by atoms with E-state index in [2.05, 4.69) is 22.4 Å². The summed E-state index contributed by atoms with van der Waals surface area (Å²) in [6, 6.07) is 0.411. The topological polar surface area (TPSA) is 41.1 Å². The first-order valence-electron chi connectivity index (χ1n) is 5.96. The summed E-state index contributed by atoms with van der Waals surface area (Å²) in [6.45, 7) is 1.94. The molecule has 0 spiro atoms. The Hall–Kier alpha value is -0.220. The van der Waals surface area contributed by atoms with Crippen LogP contribution >= 0.6 is 11.8 Å². The Morgan fingerprint density at radius 3 is 3.13 bits per heavy atom. The zero-order chi connectivity index (χ0) is 10.5. The lowest BCUT2D eigenvalue weighted by Crippen LogP contribution is -2.36. The lowest BCUT2D eigenvalue weighted by atomic mass is 10.1. The second-order valence-corrected chi connectivity index (χ2v) is 5.84. The lowest BCUT2D eigenvalue weighted by molar-refractivity contribution is -0.121. The van der Waals surface area contributed by atoms with Gasteiger partial charge in [0.05, 0.1) is 0 Å². The molecular weight excluding hydrogens is 208 g/mol. The van der Waals surface area contributed by atoms with E-state index >= 15 is 0 Å². The molecule has 0 bridgehead atoms. The number of hydrogen-bond donors (Lipinski definition) is 2. The molecule has 4 heteroatoms. The third-order valence-electron chi connectivity index (χ3n) is 3.14. The fourth-order valence-electron chi connectivity index (χ4n) is 2.25.